The molecule has 2 aliphatic heterocycles. The number of benzene rings is 1. The van der Waals surface area contributed by atoms with E-state index in [2.05, 4.69) is 39.4 Å². The number of hydrogen-bond acceptors (Lipinski definition) is 4. The van der Waals surface area contributed by atoms with Gasteiger partial charge in [-0.2, -0.15) is 0 Å². The van der Waals surface area contributed by atoms with Gasteiger partial charge in [-0.15, -0.1) is 0 Å². The van der Waals surface area contributed by atoms with Crippen molar-refractivity contribution in [3.05, 3.63) is 24.3 Å². The Morgan fingerprint density at radius 2 is 1.82 bits per heavy atom. The highest BCUT2D eigenvalue weighted by Gasteiger charge is 2.22. The van der Waals surface area contributed by atoms with Crippen molar-refractivity contribution in [2.75, 3.05) is 57.3 Å². The average Bonchev–Trinajstić information content (AvgIpc) is 2.58. The topological polar surface area (TPSA) is 27.7 Å². The van der Waals surface area contributed by atoms with Crippen molar-refractivity contribution in [2.45, 2.75) is 19.8 Å². The molecule has 22 heavy (non-hydrogen) atoms. The predicted octanol–water partition coefficient (Wildman–Crippen LogP) is 2.21. The Balaban J connectivity index is 1.53. The fraction of sp³-hybridized carbons (Fsp3) is 0.667. The van der Waals surface area contributed by atoms with E-state index in [1.807, 2.05) is 6.92 Å². The molecule has 2 fully saturated rings. The van der Waals surface area contributed by atoms with Crippen LogP contribution in [0.4, 0.5) is 5.69 Å². The van der Waals surface area contributed by atoms with Crippen LogP contribution in [0.5, 0.6) is 5.75 Å². The Morgan fingerprint density at radius 3 is 2.55 bits per heavy atom. The van der Waals surface area contributed by atoms with Gasteiger partial charge in [-0.05, 0) is 50.9 Å². The van der Waals surface area contributed by atoms with Gasteiger partial charge in [0.2, 0.25) is 0 Å². The molecule has 2 heterocycles. The van der Waals surface area contributed by atoms with E-state index >= 15 is 0 Å². The van der Waals surface area contributed by atoms with E-state index in [9.17, 15) is 0 Å². The van der Waals surface area contributed by atoms with Gasteiger partial charge in [-0.3, -0.25) is 4.90 Å². The van der Waals surface area contributed by atoms with Crippen LogP contribution in [-0.2, 0) is 0 Å². The molecule has 4 nitrogen and oxygen atoms in total. The summed E-state index contributed by atoms with van der Waals surface area (Å²) in [6.45, 7) is 11.0. The van der Waals surface area contributed by atoms with Gasteiger partial charge in [0.25, 0.3) is 0 Å². The highest BCUT2D eigenvalue weighted by atomic mass is 16.5. The van der Waals surface area contributed by atoms with Crippen LogP contribution in [0.25, 0.3) is 0 Å². The molecule has 0 amide bonds. The lowest BCUT2D eigenvalue weighted by Gasteiger charge is -2.38. The van der Waals surface area contributed by atoms with E-state index in [4.69, 9.17) is 4.74 Å². The number of rotatable bonds is 5. The number of nitrogens with zero attached hydrogens (tertiary/aromatic N) is 2. The quantitative estimate of drug-likeness (QED) is 0.902. The zero-order chi connectivity index (χ0) is 15.2. The van der Waals surface area contributed by atoms with Crippen molar-refractivity contribution < 1.29 is 4.74 Å². The van der Waals surface area contributed by atoms with Crippen molar-refractivity contribution in [2.24, 2.45) is 5.92 Å². The third-order valence-corrected chi connectivity index (χ3v) is 4.85. The first-order valence-corrected chi connectivity index (χ1v) is 8.76. The summed E-state index contributed by atoms with van der Waals surface area (Å²) in [6.07, 6.45) is 2.68. The SMILES string of the molecule is CCOc1ccccc1N1CCN(CC2CCNCC2)CC1. The van der Waals surface area contributed by atoms with Crippen LogP contribution >= 0.6 is 0 Å². The minimum Gasteiger partial charge on any atom is -0.492 e. The highest BCUT2D eigenvalue weighted by Crippen LogP contribution is 2.29. The van der Waals surface area contributed by atoms with Gasteiger partial charge >= 0.3 is 0 Å². The van der Waals surface area contributed by atoms with Crippen LogP contribution in [0.3, 0.4) is 0 Å². The molecule has 122 valence electrons. The summed E-state index contributed by atoms with van der Waals surface area (Å²) in [4.78, 5) is 5.12. The van der Waals surface area contributed by atoms with E-state index in [1.165, 1.54) is 51.3 Å². The number of piperazine rings is 1. The number of piperidine rings is 1. The van der Waals surface area contributed by atoms with Crippen LogP contribution in [-0.4, -0.2) is 57.3 Å². The van der Waals surface area contributed by atoms with E-state index in [1.54, 1.807) is 0 Å². The second-order valence-electron chi connectivity index (χ2n) is 6.38. The Hall–Kier alpha value is -1.26. The lowest BCUT2D eigenvalue weighted by atomic mass is 9.97. The average molecular weight is 303 g/mol. The van der Waals surface area contributed by atoms with Gasteiger partial charge in [0.05, 0.1) is 12.3 Å². The first-order chi connectivity index (χ1) is 10.9. The second-order valence-corrected chi connectivity index (χ2v) is 6.38. The zero-order valence-corrected chi connectivity index (χ0v) is 13.8. The summed E-state index contributed by atoms with van der Waals surface area (Å²) in [5.41, 5.74) is 1.26. The van der Waals surface area contributed by atoms with Crippen molar-refractivity contribution in [3.8, 4) is 5.75 Å². The first-order valence-electron chi connectivity index (χ1n) is 8.76. The van der Waals surface area contributed by atoms with Gasteiger partial charge in [-0.1, -0.05) is 12.1 Å². The Bertz CT molecular complexity index is 451. The second kappa shape index (κ2) is 7.84. The standard InChI is InChI=1S/C18H29N3O/c1-2-22-18-6-4-3-5-17(18)21-13-11-20(12-14-21)15-16-7-9-19-10-8-16/h3-6,16,19H,2,7-15H2,1H3. The van der Waals surface area contributed by atoms with E-state index in [-0.39, 0.29) is 0 Å². The van der Waals surface area contributed by atoms with E-state index in [0.29, 0.717) is 0 Å². The monoisotopic (exact) mass is 303 g/mol. The summed E-state index contributed by atoms with van der Waals surface area (Å²) >= 11 is 0. The molecule has 1 aromatic rings. The summed E-state index contributed by atoms with van der Waals surface area (Å²) in [5, 5.41) is 3.46. The van der Waals surface area contributed by atoms with Crippen LogP contribution in [0.15, 0.2) is 24.3 Å². The molecule has 2 aliphatic rings. The van der Waals surface area contributed by atoms with Crippen LogP contribution in [0.2, 0.25) is 0 Å². The highest BCUT2D eigenvalue weighted by molar-refractivity contribution is 5.58. The fourth-order valence-electron chi connectivity index (χ4n) is 3.60. The minimum absolute atomic E-state index is 0.729. The van der Waals surface area contributed by atoms with E-state index in [0.717, 1.165) is 31.4 Å². The summed E-state index contributed by atoms with van der Waals surface area (Å²) in [7, 11) is 0. The summed E-state index contributed by atoms with van der Waals surface area (Å²) < 4.78 is 5.78. The molecule has 0 bridgehead atoms. The fourth-order valence-corrected chi connectivity index (χ4v) is 3.60. The van der Waals surface area contributed by atoms with E-state index < -0.39 is 0 Å². The predicted molar refractivity (Wildman–Crippen MR) is 91.9 cm³/mol. The van der Waals surface area contributed by atoms with Crippen molar-refractivity contribution in [1.29, 1.82) is 0 Å². The molecule has 0 radical (unpaired) electrons. The minimum atomic E-state index is 0.729. The van der Waals surface area contributed by atoms with Crippen LogP contribution in [0.1, 0.15) is 19.8 Å². The normalized spacial score (nSPS) is 21.0. The van der Waals surface area contributed by atoms with Gasteiger partial charge in [0.15, 0.2) is 0 Å². The molecule has 2 saturated heterocycles. The van der Waals surface area contributed by atoms with Crippen LogP contribution < -0.4 is 15.0 Å². The first kappa shape index (κ1) is 15.6. The smallest absolute Gasteiger partial charge is 0.142 e. The molecule has 1 N–H and O–H groups in total. The molecule has 0 unspecified atom stereocenters. The maximum atomic E-state index is 5.78. The molecule has 0 aromatic heterocycles. The van der Waals surface area contributed by atoms with Gasteiger partial charge in [0, 0.05) is 32.7 Å². The summed E-state index contributed by atoms with van der Waals surface area (Å²) in [5.74, 6) is 1.92. The lowest BCUT2D eigenvalue weighted by molar-refractivity contribution is 0.196. The third kappa shape index (κ3) is 3.93. The maximum absolute atomic E-state index is 5.78. The van der Waals surface area contributed by atoms with Gasteiger partial charge < -0.3 is 15.0 Å². The molecule has 3 rings (SSSR count). The van der Waals surface area contributed by atoms with Crippen molar-refractivity contribution in [3.63, 3.8) is 0 Å². The van der Waals surface area contributed by atoms with Crippen molar-refractivity contribution in [1.82, 2.24) is 10.2 Å². The third-order valence-electron chi connectivity index (χ3n) is 4.85. The Kier molecular flexibility index (Phi) is 5.57. The molecule has 1 aromatic carbocycles. The van der Waals surface area contributed by atoms with Crippen LogP contribution in [0, 0.1) is 5.92 Å². The molecule has 0 aliphatic carbocycles. The number of ether oxygens (including phenoxy) is 1. The number of anilines is 1. The number of para-hydroxylation sites is 2. The molecule has 0 atom stereocenters. The summed E-state index contributed by atoms with van der Waals surface area (Å²) in [6, 6.07) is 8.44. The van der Waals surface area contributed by atoms with Gasteiger partial charge in [0.1, 0.15) is 5.75 Å². The largest absolute Gasteiger partial charge is 0.492 e. The molecule has 0 saturated carbocycles. The number of nitrogens with one attached hydrogen (secondary N) is 1. The van der Waals surface area contributed by atoms with Crippen molar-refractivity contribution >= 4 is 5.69 Å². The van der Waals surface area contributed by atoms with Gasteiger partial charge in [-0.25, -0.2) is 0 Å². The Labute approximate surface area is 134 Å². The zero-order valence-electron chi connectivity index (χ0n) is 13.8. The molecular weight excluding hydrogens is 274 g/mol. The molecular formula is C18H29N3O. The maximum Gasteiger partial charge on any atom is 0.142 e. The molecule has 4 heteroatoms. The molecule has 0 spiro atoms. The Morgan fingerprint density at radius 1 is 1.09 bits per heavy atom. The lowest BCUT2D eigenvalue weighted by Crippen LogP contribution is -2.48. The number of hydrogen-bond donors (Lipinski definition) is 1.